The number of nitrogens with zero attached hydrogens (tertiary/aromatic N) is 2. The molecule has 0 unspecified atom stereocenters. The Balaban J connectivity index is 1.53. The molecule has 0 N–H and O–H groups in total. The fraction of sp³-hybridized carbons (Fsp3) is 0.174. The van der Waals surface area contributed by atoms with E-state index in [1.807, 2.05) is 0 Å². The molecule has 0 saturated carbocycles. The molecule has 9 aromatic rings. The van der Waals surface area contributed by atoms with Crippen molar-refractivity contribution in [2.24, 2.45) is 0 Å². The van der Waals surface area contributed by atoms with Crippen LogP contribution in [0.2, 0.25) is 0 Å². The van der Waals surface area contributed by atoms with Crippen LogP contribution < -0.4 is 0 Å². The van der Waals surface area contributed by atoms with Crippen molar-refractivity contribution < 1.29 is 0 Å². The predicted molar refractivity (Wildman–Crippen MR) is 205 cm³/mol. The van der Waals surface area contributed by atoms with Crippen LogP contribution >= 0.6 is 0 Å². The Morgan fingerprint density at radius 1 is 0.417 bits per heavy atom. The summed E-state index contributed by atoms with van der Waals surface area (Å²) < 4.78 is 5.12. The van der Waals surface area contributed by atoms with Crippen molar-refractivity contribution in [1.82, 2.24) is 9.13 Å². The molecule has 7 aromatic carbocycles. The Hall–Kier alpha value is -5.34. The molecule has 10 rings (SSSR count). The second kappa shape index (κ2) is 9.61. The van der Waals surface area contributed by atoms with Crippen LogP contribution in [0.3, 0.4) is 0 Å². The number of hydrogen-bond donors (Lipinski definition) is 0. The molecule has 0 spiro atoms. The number of aromatic nitrogens is 2. The van der Waals surface area contributed by atoms with E-state index < -0.39 is 0 Å². The lowest BCUT2D eigenvalue weighted by atomic mass is 9.63. The molecule has 2 heterocycles. The molecule has 2 aromatic heterocycles. The van der Waals surface area contributed by atoms with Crippen LogP contribution in [0.15, 0.2) is 133 Å². The maximum absolute atomic E-state index is 2.60. The Morgan fingerprint density at radius 3 is 1.67 bits per heavy atom. The van der Waals surface area contributed by atoms with Crippen LogP contribution in [0.25, 0.3) is 76.5 Å². The third-order valence-electron chi connectivity index (χ3n) is 11.5. The van der Waals surface area contributed by atoms with Crippen LogP contribution in [0, 0.1) is 0 Å². The number of para-hydroxylation sites is 2. The average molecular weight is 619 g/mol. The van der Waals surface area contributed by atoms with Crippen LogP contribution in [0.5, 0.6) is 0 Å². The number of hydrogen-bond acceptors (Lipinski definition) is 0. The Kier molecular flexibility index (Phi) is 5.55. The van der Waals surface area contributed by atoms with Crippen molar-refractivity contribution >= 4 is 65.2 Å². The topological polar surface area (TPSA) is 9.86 Å². The standard InChI is InChI=1S/C46H38N2/c1-45(2)24-25-46(3,4)38-28-40-36(27-37(38)45)42-34-19-11-10-18-33(34)41-35-20-12-13-21-39(35)47(31-16-6-5-7-17-31)43(41)44(42)48(40)32-23-22-29-14-8-9-15-30(29)26-32/h5-23,26-28H,24-25H2,1-4H3. The summed E-state index contributed by atoms with van der Waals surface area (Å²) in [4.78, 5) is 0. The largest absolute Gasteiger partial charge is 0.307 e. The lowest BCUT2D eigenvalue weighted by molar-refractivity contribution is 0.332. The van der Waals surface area contributed by atoms with Gasteiger partial charge in [-0.25, -0.2) is 0 Å². The van der Waals surface area contributed by atoms with E-state index in [0.717, 1.165) is 0 Å². The van der Waals surface area contributed by atoms with Gasteiger partial charge in [0.15, 0.2) is 0 Å². The van der Waals surface area contributed by atoms with E-state index in [4.69, 9.17) is 0 Å². The smallest absolute Gasteiger partial charge is 0.0795 e. The van der Waals surface area contributed by atoms with Gasteiger partial charge in [0.05, 0.1) is 22.1 Å². The molecule has 2 heteroatoms. The van der Waals surface area contributed by atoms with Crippen LogP contribution in [0.4, 0.5) is 0 Å². The van der Waals surface area contributed by atoms with Gasteiger partial charge in [0.2, 0.25) is 0 Å². The highest BCUT2D eigenvalue weighted by atomic mass is 15.0. The third kappa shape index (κ3) is 3.69. The van der Waals surface area contributed by atoms with Crippen molar-refractivity contribution in [3.8, 4) is 11.4 Å². The number of rotatable bonds is 2. The minimum Gasteiger partial charge on any atom is -0.307 e. The van der Waals surface area contributed by atoms with Crippen molar-refractivity contribution in [2.45, 2.75) is 51.4 Å². The van der Waals surface area contributed by atoms with Gasteiger partial charge in [-0.1, -0.05) is 119 Å². The van der Waals surface area contributed by atoms with Gasteiger partial charge in [-0.05, 0) is 98.8 Å². The van der Waals surface area contributed by atoms with Gasteiger partial charge in [0.1, 0.15) is 0 Å². The molecule has 0 amide bonds. The summed E-state index contributed by atoms with van der Waals surface area (Å²) >= 11 is 0. The fourth-order valence-corrected chi connectivity index (χ4v) is 8.93. The molecule has 1 aliphatic rings. The van der Waals surface area contributed by atoms with E-state index in [2.05, 4.69) is 170 Å². The fourth-order valence-electron chi connectivity index (χ4n) is 8.93. The van der Waals surface area contributed by atoms with Gasteiger partial charge in [-0.2, -0.15) is 0 Å². The first-order chi connectivity index (χ1) is 23.3. The Bertz CT molecular complexity index is 2770. The summed E-state index contributed by atoms with van der Waals surface area (Å²) in [5.41, 5.74) is 10.6. The highest BCUT2D eigenvalue weighted by Gasteiger charge is 2.38. The van der Waals surface area contributed by atoms with E-state index >= 15 is 0 Å². The van der Waals surface area contributed by atoms with Gasteiger partial charge >= 0.3 is 0 Å². The molecule has 1 aliphatic carbocycles. The van der Waals surface area contributed by atoms with Gasteiger partial charge < -0.3 is 9.13 Å². The van der Waals surface area contributed by atoms with Gasteiger partial charge in [-0.3, -0.25) is 0 Å². The summed E-state index contributed by atoms with van der Waals surface area (Å²) in [7, 11) is 0. The molecule has 0 bridgehead atoms. The monoisotopic (exact) mass is 618 g/mol. The zero-order chi connectivity index (χ0) is 32.4. The molecular formula is C46H38N2. The first-order valence-electron chi connectivity index (χ1n) is 17.3. The van der Waals surface area contributed by atoms with Crippen LogP contribution in [-0.4, -0.2) is 9.13 Å². The maximum atomic E-state index is 2.60. The summed E-state index contributed by atoms with van der Waals surface area (Å²) in [6, 6.07) is 49.9. The minimum atomic E-state index is 0.0973. The zero-order valence-corrected chi connectivity index (χ0v) is 28.0. The minimum absolute atomic E-state index is 0.0973. The molecular weight excluding hydrogens is 581 g/mol. The molecule has 0 fully saturated rings. The van der Waals surface area contributed by atoms with Crippen LogP contribution in [0.1, 0.15) is 51.7 Å². The lowest BCUT2D eigenvalue weighted by Gasteiger charge is -2.42. The van der Waals surface area contributed by atoms with Crippen molar-refractivity contribution in [1.29, 1.82) is 0 Å². The van der Waals surface area contributed by atoms with E-state index in [9.17, 15) is 0 Å². The number of fused-ring (bicyclic) bond motifs is 12. The molecule has 232 valence electrons. The third-order valence-corrected chi connectivity index (χ3v) is 11.5. The Morgan fingerprint density at radius 2 is 0.958 bits per heavy atom. The quantitative estimate of drug-likeness (QED) is 0.182. The molecule has 48 heavy (non-hydrogen) atoms. The van der Waals surface area contributed by atoms with E-state index in [0.29, 0.717) is 0 Å². The van der Waals surface area contributed by atoms with E-state index in [-0.39, 0.29) is 10.8 Å². The first-order valence-corrected chi connectivity index (χ1v) is 17.3. The summed E-state index contributed by atoms with van der Waals surface area (Å²) in [6.07, 6.45) is 2.37. The SMILES string of the molecule is CC1(C)CCC(C)(C)c2cc3c(cc21)c1c2ccccc2c2c4ccccc4n(-c4ccccc4)c2c1n3-c1ccc2ccccc2c1. The normalized spacial score (nSPS) is 15.7. The second-order valence-electron chi connectivity index (χ2n) is 15.2. The van der Waals surface area contributed by atoms with Crippen molar-refractivity contribution in [2.75, 3.05) is 0 Å². The van der Waals surface area contributed by atoms with Gasteiger partial charge in [0, 0.05) is 32.9 Å². The number of benzene rings is 7. The first kappa shape index (κ1) is 27.7. The molecule has 0 atom stereocenters. The zero-order valence-electron chi connectivity index (χ0n) is 28.0. The molecule has 0 aliphatic heterocycles. The summed E-state index contributed by atoms with van der Waals surface area (Å²) in [6.45, 7) is 9.77. The molecule has 0 radical (unpaired) electrons. The van der Waals surface area contributed by atoms with Crippen molar-refractivity contribution in [3.63, 3.8) is 0 Å². The van der Waals surface area contributed by atoms with E-state index in [1.165, 1.54) is 100 Å². The maximum Gasteiger partial charge on any atom is 0.0795 e. The van der Waals surface area contributed by atoms with Crippen molar-refractivity contribution in [3.05, 3.63) is 145 Å². The highest BCUT2D eigenvalue weighted by Crippen LogP contribution is 2.51. The lowest BCUT2D eigenvalue weighted by Crippen LogP contribution is -2.33. The molecule has 0 saturated heterocycles. The van der Waals surface area contributed by atoms with Crippen LogP contribution in [-0.2, 0) is 10.8 Å². The van der Waals surface area contributed by atoms with Gasteiger partial charge in [-0.15, -0.1) is 0 Å². The van der Waals surface area contributed by atoms with E-state index in [1.54, 1.807) is 0 Å². The summed E-state index contributed by atoms with van der Waals surface area (Å²) in [5, 5.41) is 10.4. The Labute approximate surface area is 280 Å². The summed E-state index contributed by atoms with van der Waals surface area (Å²) in [5.74, 6) is 0. The molecule has 2 nitrogen and oxygen atoms in total. The highest BCUT2D eigenvalue weighted by molar-refractivity contribution is 6.36. The van der Waals surface area contributed by atoms with Gasteiger partial charge in [0.25, 0.3) is 0 Å². The predicted octanol–water partition coefficient (Wildman–Crippen LogP) is 12.5. The second-order valence-corrected chi connectivity index (χ2v) is 15.2. The average Bonchev–Trinajstić information content (AvgIpc) is 3.64.